The largest absolute Gasteiger partial charge is 0.463 e. The van der Waals surface area contributed by atoms with Gasteiger partial charge in [0.05, 0.1) is 0 Å². The van der Waals surface area contributed by atoms with Crippen LogP contribution in [-0.2, 0) is 17.6 Å². The summed E-state index contributed by atoms with van der Waals surface area (Å²) in [6.45, 7) is 4.71. The Labute approximate surface area is 131 Å². The summed E-state index contributed by atoms with van der Waals surface area (Å²) < 4.78 is 5.44. The molecule has 3 rings (SSSR count). The van der Waals surface area contributed by atoms with Gasteiger partial charge in [-0.3, -0.25) is 4.99 Å². The molecule has 2 N–H and O–H groups in total. The van der Waals surface area contributed by atoms with E-state index in [1.54, 1.807) is 0 Å². The van der Waals surface area contributed by atoms with Crippen molar-refractivity contribution in [2.45, 2.75) is 45.1 Å². The summed E-state index contributed by atoms with van der Waals surface area (Å²) >= 11 is 0. The number of amidine groups is 1. The highest BCUT2D eigenvalue weighted by atomic mass is 16.5. The van der Waals surface area contributed by atoms with E-state index in [0.29, 0.717) is 12.6 Å². The van der Waals surface area contributed by atoms with Crippen LogP contribution in [0.1, 0.15) is 43.4 Å². The maximum atomic E-state index is 5.75. The molecule has 0 radical (unpaired) electrons. The van der Waals surface area contributed by atoms with Gasteiger partial charge in [-0.2, -0.15) is 0 Å². The highest BCUT2D eigenvalue weighted by Gasteiger charge is 2.40. The summed E-state index contributed by atoms with van der Waals surface area (Å²) in [4.78, 5) is 8.90. The fourth-order valence-electron chi connectivity index (χ4n) is 3.40. The minimum Gasteiger partial charge on any atom is -0.463 e. The lowest BCUT2D eigenvalue weighted by atomic mass is 9.76. The number of aliphatic imine (C=N–C) groups is 2. The molecule has 1 aromatic rings. The van der Waals surface area contributed by atoms with Crippen molar-refractivity contribution in [1.29, 1.82) is 0 Å². The fraction of sp³-hybridized carbons (Fsp3) is 0.444. The molecule has 2 aliphatic rings. The molecule has 1 spiro atoms. The number of ether oxygens (including phenoxy) is 1. The van der Waals surface area contributed by atoms with E-state index in [0.717, 1.165) is 25.7 Å². The van der Waals surface area contributed by atoms with E-state index in [4.69, 9.17) is 10.5 Å². The molecule has 1 atom stereocenters. The average molecular weight is 297 g/mol. The Morgan fingerprint density at radius 3 is 3.05 bits per heavy atom. The number of allylic oxidation sites excluding steroid dienone is 1. The van der Waals surface area contributed by atoms with Crippen LogP contribution in [0.15, 0.2) is 34.4 Å². The minimum absolute atomic E-state index is 0.167. The van der Waals surface area contributed by atoms with Crippen molar-refractivity contribution >= 4 is 17.8 Å². The van der Waals surface area contributed by atoms with Crippen LogP contribution < -0.4 is 5.73 Å². The normalized spacial score (nSPS) is 24.5. The first-order valence-electron chi connectivity index (χ1n) is 7.93. The molecule has 4 heteroatoms. The second kappa shape index (κ2) is 5.95. The molecule has 0 saturated heterocycles. The zero-order valence-electron chi connectivity index (χ0n) is 13.3. The summed E-state index contributed by atoms with van der Waals surface area (Å²) in [5, 5.41) is 0. The van der Waals surface area contributed by atoms with E-state index >= 15 is 0 Å². The highest BCUT2D eigenvalue weighted by molar-refractivity contribution is 5.75. The van der Waals surface area contributed by atoms with Crippen molar-refractivity contribution in [3.63, 3.8) is 0 Å². The summed E-state index contributed by atoms with van der Waals surface area (Å²) in [5.41, 5.74) is 10.9. The maximum Gasteiger partial charge on any atom is 0.282 e. The Bertz CT molecular complexity index is 660. The second-order valence-corrected chi connectivity index (χ2v) is 6.00. The van der Waals surface area contributed by atoms with Gasteiger partial charge in [-0.15, -0.1) is 0 Å². The van der Waals surface area contributed by atoms with Gasteiger partial charge in [-0.05, 0) is 48.4 Å². The van der Waals surface area contributed by atoms with E-state index in [9.17, 15) is 0 Å². The molecule has 1 heterocycles. The van der Waals surface area contributed by atoms with Crippen LogP contribution in [0.5, 0.6) is 0 Å². The molecule has 4 nitrogen and oxygen atoms in total. The van der Waals surface area contributed by atoms with Crippen molar-refractivity contribution in [3.05, 3.63) is 41.1 Å². The molecule has 0 saturated carbocycles. The van der Waals surface area contributed by atoms with E-state index < -0.39 is 0 Å². The van der Waals surface area contributed by atoms with Crippen LogP contribution in [0, 0.1) is 0 Å². The van der Waals surface area contributed by atoms with E-state index in [1.807, 2.05) is 19.3 Å². The van der Waals surface area contributed by atoms with Crippen LogP contribution in [0.2, 0.25) is 0 Å². The van der Waals surface area contributed by atoms with E-state index in [-0.39, 0.29) is 5.54 Å². The van der Waals surface area contributed by atoms with E-state index in [1.165, 1.54) is 22.3 Å². The van der Waals surface area contributed by atoms with Gasteiger partial charge in [0.1, 0.15) is 12.1 Å². The van der Waals surface area contributed by atoms with Crippen LogP contribution in [0.3, 0.4) is 0 Å². The lowest BCUT2D eigenvalue weighted by Crippen LogP contribution is -2.36. The van der Waals surface area contributed by atoms with Crippen molar-refractivity contribution in [3.8, 4) is 0 Å². The standard InChI is InChI=1S/C18H23N3O/c1-3-13(11-20-4-2)15-7-5-6-14-8-9-18(10-16(14)15)12-22-17(19)21-18/h4-7,11H,3,8-10,12H2,1-2H3,(H2,19,21)/b13-11+,20-4?. The molecule has 1 aliphatic carbocycles. The van der Waals surface area contributed by atoms with E-state index in [2.05, 4.69) is 35.1 Å². The molecular formula is C18H23N3O. The van der Waals surface area contributed by atoms with Gasteiger partial charge in [0.2, 0.25) is 0 Å². The van der Waals surface area contributed by atoms with Crippen LogP contribution >= 0.6 is 0 Å². The molecule has 1 aliphatic heterocycles. The Morgan fingerprint density at radius 2 is 2.36 bits per heavy atom. The Kier molecular flexibility index (Phi) is 4.01. The minimum atomic E-state index is -0.167. The first-order valence-corrected chi connectivity index (χ1v) is 7.93. The maximum absolute atomic E-state index is 5.75. The number of hydrogen-bond donors (Lipinski definition) is 1. The lowest BCUT2D eigenvalue weighted by Gasteiger charge is -2.32. The molecule has 0 bridgehead atoms. The van der Waals surface area contributed by atoms with Gasteiger partial charge in [-0.25, -0.2) is 4.99 Å². The Morgan fingerprint density at radius 1 is 1.50 bits per heavy atom. The average Bonchev–Trinajstić information content (AvgIpc) is 2.89. The molecule has 116 valence electrons. The van der Waals surface area contributed by atoms with Crippen LogP contribution in [-0.4, -0.2) is 24.4 Å². The second-order valence-electron chi connectivity index (χ2n) is 6.00. The number of aryl methyl sites for hydroxylation is 1. The van der Waals surface area contributed by atoms with Crippen molar-refractivity contribution in [1.82, 2.24) is 0 Å². The summed E-state index contributed by atoms with van der Waals surface area (Å²) in [6.07, 6.45) is 7.68. The van der Waals surface area contributed by atoms with Crippen molar-refractivity contribution < 1.29 is 4.74 Å². The third-order valence-corrected chi connectivity index (χ3v) is 4.58. The molecule has 0 fully saturated rings. The van der Waals surface area contributed by atoms with Gasteiger partial charge in [0.15, 0.2) is 0 Å². The third-order valence-electron chi connectivity index (χ3n) is 4.58. The van der Waals surface area contributed by atoms with Gasteiger partial charge in [-0.1, -0.05) is 25.1 Å². The first kappa shape index (κ1) is 14.8. The van der Waals surface area contributed by atoms with Gasteiger partial charge in [0, 0.05) is 18.8 Å². The SMILES string of the molecule is CC=N/C=C(\CC)c1cccc2c1CC1(CC2)COC(N)=N1. The Hall–Kier alpha value is -2.10. The summed E-state index contributed by atoms with van der Waals surface area (Å²) in [7, 11) is 0. The van der Waals surface area contributed by atoms with Gasteiger partial charge < -0.3 is 10.5 Å². The molecule has 0 amide bonds. The topological polar surface area (TPSA) is 60.0 Å². The molecular weight excluding hydrogens is 274 g/mol. The zero-order chi connectivity index (χ0) is 15.6. The quantitative estimate of drug-likeness (QED) is 0.871. The van der Waals surface area contributed by atoms with Crippen LogP contribution in [0.25, 0.3) is 5.57 Å². The number of benzene rings is 1. The molecule has 1 aromatic carbocycles. The third kappa shape index (κ3) is 2.65. The van der Waals surface area contributed by atoms with Crippen molar-refractivity contribution in [2.24, 2.45) is 15.7 Å². The number of fused-ring (bicyclic) bond motifs is 1. The highest BCUT2D eigenvalue weighted by Crippen LogP contribution is 2.38. The predicted molar refractivity (Wildman–Crippen MR) is 91.2 cm³/mol. The van der Waals surface area contributed by atoms with Gasteiger partial charge in [0.25, 0.3) is 6.02 Å². The summed E-state index contributed by atoms with van der Waals surface area (Å²) in [6, 6.07) is 6.91. The number of nitrogens with two attached hydrogens (primary N) is 1. The molecule has 22 heavy (non-hydrogen) atoms. The van der Waals surface area contributed by atoms with Crippen LogP contribution in [0.4, 0.5) is 0 Å². The zero-order valence-corrected chi connectivity index (χ0v) is 13.3. The predicted octanol–water partition coefficient (Wildman–Crippen LogP) is 3.10. The molecule has 1 unspecified atom stereocenters. The smallest absolute Gasteiger partial charge is 0.282 e. The number of rotatable bonds is 3. The first-order chi connectivity index (χ1) is 10.7. The number of hydrogen-bond acceptors (Lipinski definition) is 4. The van der Waals surface area contributed by atoms with Gasteiger partial charge >= 0.3 is 0 Å². The lowest BCUT2D eigenvalue weighted by molar-refractivity contribution is 0.235. The molecule has 0 aromatic heterocycles. The van der Waals surface area contributed by atoms with Crippen molar-refractivity contribution in [2.75, 3.05) is 6.61 Å². The monoisotopic (exact) mass is 297 g/mol. The number of nitrogens with zero attached hydrogens (tertiary/aromatic N) is 2. The summed E-state index contributed by atoms with van der Waals surface area (Å²) in [5.74, 6) is 0. The fourth-order valence-corrected chi connectivity index (χ4v) is 3.40. The Balaban J connectivity index is 2.02.